The van der Waals surface area contributed by atoms with Crippen molar-refractivity contribution >= 4 is 29.2 Å². The van der Waals surface area contributed by atoms with Crippen LogP contribution in [-0.2, 0) is 6.42 Å². The minimum atomic E-state index is 1.23. The van der Waals surface area contributed by atoms with Crippen LogP contribution in [-0.4, -0.2) is 7.85 Å². The Bertz CT molecular complexity index is 340. The molecule has 0 unspecified atom stereocenters. The lowest BCUT2D eigenvalue weighted by Crippen LogP contribution is -2.16. The van der Waals surface area contributed by atoms with Gasteiger partial charge in [-0.2, -0.15) is 0 Å². The average Bonchev–Trinajstić information content (AvgIpc) is 2.24. The van der Waals surface area contributed by atoms with Crippen LogP contribution in [0.25, 0.3) is 0 Å². The average molecular weight is 267 g/mol. The van der Waals surface area contributed by atoms with E-state index in [-0.39, 0.29) is 0 Å². The molecule has 0 aliphatic carbocycles. The molecule has 1 rings (SSSR count). The van der Waals surface area contributed by atoms with Crippen molar-refractivity contribution in [1.29, 1.82) is 0 Å². The predicted molar refractivity (Wildman–Crippen MR) is 75.1 cm³/mol. The molecule has 0 atom stereocenters. The van der Waals surface area contributed by atoms with E-state index >= 15 is 0 Å². The zero-order valence-electron chi connectivity index (χ0n) is 10.5. The summed E-state index contributed by atoms with van der Waals surface area (Å²) in [5.74, 6) is 0. The Balaban J connectivity index is 3.26. The van der Waals surface area contributed by atoms with Gasteiger partial charge in [-0.1, -0.05) is 40.3 Å². The molecule has 0 saturated heterocycles. The van der Waals surface area contributed by atoms with E-state index in [1.165, 1.54) is 45.9 Å². The Hall–Kier alpha value is -0.235. The lowest BCUT2D eigenvalue weighted by molar-refractivity contribution is 0.786. The van der Waals surface area contributed by atoms with Gasteiger partial charge in [-0.25, -0.2) is 0 Å². The first-order chi connectivity index (χ1) is 7.00. The first-order valence-electron chi connectivity index (χ1n) is 5.75. The fourth-order valence-corrected chi connectivity index (χ4v) is 2.67. The van der Waals surface area contributed by atoms with Crippen molar-refractivity contribution in [1.82, 2.24) is 0 Å². The zero-order chi connectivity index (χ0) is 11.6. The molecule has 0 aromatic heterocycles. The monoisotopic (exact) mass is 266 g/mol. The molecule has 0 bridgehead atoms. The fourth-order valence-electron chi connectivity index (χ4n) is 2.07. The minimum absolute atomic E-state index is 1.23. The van der Waals surface area contributed by atoms with Crippen LogP contribution in [0, 0.1) is 20.8 Å². The highest BCUT2D eigenvalue weighted by atomic mass is 79.9. The van der Waals surface area contributed by atoms with E-state index in [1.54, 1.807) is 5.56 Å². The van der Waals surface area contributed by atoms with Gasteiger partial charge in [0.25, 0.3) is 0 Å². The van der Waals surface area contributed by atoms with E-state index in [4.69, 9.17) is 0 Å². The molecule has 1 aromatic rings. The van der Waals surface area contributed by atoms with E-state index in [1.807, 2.05) is 0 Å². The summed E-state index contributed by atoms with van der Waals surface area (Å²) in [5.41, 5.74) is 7.32. The Morgan fingerprint density at radius 2 is 1.67 bits per heavy atom. The maximum Gasteiger partial charge on any atom is 0.141 e. The standard InChI is InChI=1S/C13H20BBr/c1-5-6-7-11-8(2)9(3)13(15)12(14)10(11)4/h5-7,14H2,1-4H3. The minimum Gasteiger partial charge on any atom is -0.0716 e. The van der Waals surface area contributed by atoms with Gasteiger partial charge in [-0.15, -0.1) is 0 Å². The van der Waals surface area contributed by atoms with E-state index in [0.29, 0.717) is 0 Å². The van der Waals surface area contributed by atoms with Crippen molar-refractivity contribution in [2.45, 2.75) is 47.0 Å². The van der Waals surface area contributed by atoms with Gasteiger partial charge in [0.05, 0.1) is 0 Å². The van der Waals surface area contributed by atoms with Gasteiger partial charge in [-0.05, 0) is 50.3 Å². The van der Waals surface area contributed by atoms with Crippen molar-refractivity contribution < 1.29 is 0 Å². The number of benzene rings is 1. The second kappa shape index (κ2) is 5.20. The quantitative estimate of drug-likeness (QED) is 0.738. The van der Waals surface area contributed by atoms with Gasteiger partial charge in [0.1, 0.15) is 7.85 Å². The molecule has 0 heterocycles. The van der Waals surface area contributed by atoms with E-state index in [0.717, 1.165) is 0 Å². The topological polar surface area (TPSA) is 0 Å². The van der Waals surface area contributed by atoms with Crippen LogP contribution in [0.5, 0.6) is 0 Å². The van der Waals surface area contributed by atoms with Gasteiger partial charge < -0.3 is 0 Å². The molecule has 0 aliphatic heterocycles. The van der Waals surface area contributed by atoms with Gasteiger partial charge in [0, 0.05) is 4.47 Å². The van der Waals surface area contributed by atoms with Crippen LogP contribution in [0.4, 0.5) is 0 Å². The van der Waals surface area contributed by atoms with E-state index in [2.05, 4.69) is 51.5 Å². The van der Waals surface area contributed by atoms with E-state index < -0.39 is 0 Å². The van der Waals surface area contributed by atoms with Gasteiger partial charge in [-0.3, -0.25) is 0 Å². The SMILES string of the molecule is Bc1c(C)c(CCCC)c(C)c(C)c1Br. The third-order valence-corrected chi connectivity index (χ3v) is 4.66. The molecule has 0 radical (unpaired) electrons. The van der Waals surface area contributed by atoms with Crippen LogP contribution >= 0.6 is 15.9 Å². The fraction of sp³-hybridized carbons (Fsp3) is 0.538. The Morgan fingerprint density at radius 3 is 2.20 bits per heavy atom. The first-order valence-corrected chi connectivity index (χ1v) is 6.54. The maximum absolute atomic E-state index is 3.68. The molecule has 0 amide bonds. The number of hydrogen-bond acceptors (Lipinski definition) is 0. The molecule has 0 aliphatic rings. The highest BCUT2D eigenvalue weighted by Gasteiger charge is 2.11. The summed E-state index contributed by atoms with van der Waals surface area (Å²) in [5, 5.41) is 0. The molecule has 0 N–H and O–H groups in total. The molecule has 15 heavy (non-hydrogen) atoms. The van der Waals surface area contributed by atoms with Crippen molar-refractivity contribution in [3.63, 3.8) is 0 Å². The summed E-state index contributed by atoms with van der Waals surface area (Å²) in [6.45, 7) is 8.96. The smallest absolute Gasteiger partial charge is 0.0716 e. The van der Waals surface area contributed by atoms with Crippen LogP contribution in [0.2, 0.25) is 0 Å². The molecule has 82 valence electrons. The summed E-state index contributed by atoms with van der Waals surface area (Å²) >= 11 is 3.68. The van der Waals surface area contributed by atoms with Gasteiger partial charge in [0.15, 0.2) is 0 Å². The highest BCUT2D eigenvalue weighted by Crippen LogP contribution is 2.24. The van der Waals surface area contributed by atoms with Crippen molar-refractivity contribution in [2.75, 3.05) is 0 Å². The molecule has 0 fully saturated rings. The number of unbranched alkanes of at least 4 members (excludes halogenated alkanes) is 1. The van der Waals surface area contributed by atoms with Crippen LogP contribution < -0.4 is 5.46 Å². The van der Waals surface area contributed by atoms with Crippen LogP contribution in [0.3, 0.4) is 0 Å². The maximum atomic E-state index is 3.68. The van der Waals surface area contributed by atoms with Crippen molar-refractivity contribution in [3.8, 4) is 0 Å². The first kappa shape index (κ1) is 12.8. The molecule has 2 heteroatoms. The summed E-state index contributed by atoms with van der Waals surface area (Å²) in [4.78, 5) is 0. The highest BCUT2D eigenvalue weighted by molar-refractivity contribution is 9.10. The summed E-state index contributed by atoms with van der Waals surface area (Å²) in [6, 6.07) is 0. The van der Waals surface area contributed by atoms with Crippen LogP contribution in [0.15, 0.2) is 4.47 Å². The Kier molecular flexibility index (Phi) is 4.45. The molecule has 0 saturated carbocycles. The predicted octanol–water partition coefficient (Wildman–Crippen LogP) is 2.98. The number of hydrogen-bond donors (Lipinski definition) is 0. The normalized spacial score (nSPS) is 10.7. The second-order valence-electron chi connectivity index (χ2n) is 4.40. The van der Waals surface area contributed by atoms with Crippen molar-refractivity contribution in [3.05, 3.63) is 26.7 Å². The van der Waals surface area contributed by atoms with E-state index in [9.17, 15) is 0 Å². The summed E-state index contributed by atoms with van der Waals surface area (Å²) in [7, 11) is 2.21. The lowest BCUT2D eigenvalue weighted by Gasteiger charge is -2.17. The molecule has 0 spiro atoms. The Morgan fingerprint density at radius 1 is 1.07 bits per heavy atom. The molecule has 1 aromatic carbocycles. The second-order valence-corrected chi connectivity index (χ2v) is 5.19. The number of halogens is 1. The zero-order valence-corrected chi connectivity index (χ0v) is 12.1. The lowest BCUT2D eigenvalue weighted by atomic mass is 9.82. The van der Waals surface area contributed by atoms with Gasteiger partial charge in [0.2, 0.25) is 0 Å². The van der Waals surface area contributed by atoms with Crippen LogP contribution in [0.1, 0.15) is 42.0 Å². The van der Waals surface area contributed by atoms with Gasteiger partial charge >= 0.3 is 0 Å². The Labute approximate surface area is 103 Å². The third-order valence-electron chi connectivity index (χ3n) is 3.47. The molecular formula is C13H20BBr. The largest absolute Gasteiger partial charge is 0.141 e. The number of rotatable bonds is 3. The summed E-state index contributed by atoms with van der Waals surface area (Å²) < 4.78 is 1.29. The molecular weight excluding hydrogens is 247 g/mol. The molecule has 0 nitrogen and oxygen atoms in total. The third kappa shape index (κ3) is 2.47. The van der Waals surface area contributed by atoms with Crippen molar-refractivity contribution in [2.24, 2.45) is 0 Å². The summed E-state index contributed by atoms with van der Waals surface area (Å²) in [6.07, 6.45) is 3.79.